The van der Waals surface area contributed by atoms with Gasteiger partial charge in [-0.3, -0.25) is 4.79 Å². The third kappa shape index (κ3) is 10.5. The molecule has 0 heterocycles. The van der Waals surface area contributed by atoms with Gasteiger partial charge in [-0.2, -0.15) is 13.2 Å². The summed E-state index contributed by atoms with van der Waals surface area (Å²) in [6.07, 6.45) is -5.80. The summed E-state index contributed by atoms with van der Waals surface area (Å²) >= 11 is 0. The van der Waals surface area contributed by atoms with Crippen LogP contribution >= 0.6 is 0 Å². The second kappa shape index (κ2) is 6.10. The van der Waals surface area contributed by atoms with Crippen LogP contribution < -0.4 is 5.32 Å². The first-order valence-corrected chi connectivity index (χ1v) is 4.00. The van der Waals surface area contributed by atoms with Gasteiger partial charge in [0.15, 0.2) is 6.61 Å². The Morgan fingerprint density at radius 1 is 1.33 bits per heavy atom. The summed E-state index contributed by atoms with van der Waals surface area (Å²) in [7, 11) is 0. The average molecular weight is 229 g/mol. The fourth-order valence-electron chi connectivity index (χ4n) is 0.628. The lowest BCUT2D eigenvalue weighted by atomic mass is 10.3. The number of nitrogens with one attached hydrogen (secondary N) is 1. The van der Waals surface area contributed by atoms with Gasteiger partial charge < -0.3 is 15.2 Å². The van der Waals surface area contributed by atoms with E-state index >= 15 is 0 Å². The number of ether oxygens (including phenoxy) is 1. The van der Waals surface area contributed by atoms with Crippen molar-refractivity contribution in [3.05, 3.63) is 0 Å². The molecule has 0 aromatic rings. The molecule has 8 heteroatoms. The zero-order valence-electron chi connectivity index (χ0n) is 7.63. The van der Waals surface area contributed by atoms with E-state index in [0.717, 1.165) is 0 Å². The van der Waals surface area contributed by atoms with Gasteiger partial charge in [-0.1, -0.05) is 0 Å². The number of hydrogen-bond acceptors (Lipinski definition) is 3. The maximum Gasteiger partial charge on any atom is 0.422 e. The number of aliphatic carboxylic acids is 1. The van der Waals surface area contributed by atoms with Gasteiger partial charge >= 0.3 is 18.2 Å². The Balaban J connectivity index is 3.46. The molecule has 2 N–H and O–H groups in total. The number of carbonyl (C=O) groups is 2. The van der Waals surface area contributed by atoms with Crippen LogP contribution in [0.1, 0.15) is 12.8 Å². The third-order valence-corrected chi connectivity index (χ3v) is 1.20. The monoisotopic (exact) mass is 229 g/mol. The largest absolute Gasteiger partial charge is 0.481 e. The third-order valence-electron chi connectivity index (χ3n) is 1.20. The van der Waals surface area contributed by atoms with Crippen LogP contribution in [-0.4, -0.2) is 36.5 Å². The van der Waals surface area contributed by atoms with E-state index in [4.69, 9.17) is 5.11 Å². The highest BCUT2D eigenvalue weighted by Gasteiger charge is 2.29. The second-order valence-electron chi connectivity index (χ2n) is 2.62. The Labute approximate surface area is 83.2 Å². The fraction of sp³-hybridized carbons (Fsp3) is 0.714. The topological polar surface area (TPSA) is 75.6 Å². The van der Waals surface area contributed by atoms with Gasteiger partial charge in [0.2, 0.25) is 0 Å². The number of carboxylic acid groups (broad SMARTS) is 1. The van der Waals surface area contributed by atoms with Gasteiger partial charge in [0.05, 0.1) is 0 Å². The van der Waals surface area contributed by atoms with E-state index in [9.17, 15) is 22.8 Å². The molecule has 0 fully saturated rings. The molecule has 0 rings (SSSR count). The lowest BCUT2D eigenvalue weighted by molar-refractivity contribution is -0.160. The second-order valence-corrected chi connectivity index (χ2v) is 2.62. The van der Waals surface area contributed by atoms with Gasteiger partial charge in [-0.05, 0) is 6.42 Å². The lowest BCUT2D eigenvalue weighted by Gasteiger charge is -2.08. The van der Waals surface area contributed by atoms with Crippen LogP contribution in [-0.2, 0) is 9.53 Å². The zero-order valence-corrected chi connectivity index (χ0v) is 7.63. The highest BCUT2D eigenvalue weighted by molar-refractivity contribution is 5.68. The smallest absolute Gasteiger partial charge is 0.422 e. The van der Waals surface area contributed by atoms with Gasteiger partial charge in [0, 0.05) is 13.0 Å². The summed E-state index contributed by atoms with van der Waals surface area (Å²) in [5.41, 5.74) is 0. The quantitative estimate of drug-likeness (QED) is 0.693. The molecule has 0 saturated heterocycles. The van der Waals surface area contributed by atoms with Crippen LogP contribution in [0.2, 0.25) is 0 Å². The molecule has 0 atom stereocenters. The molecule has 0 saturated carbocycles. The molecule has 0 aliphatic heterocycles. The van der Waals surface area contributed by atoms with Crippen molar-refractivity contribution >= 4 is 12.1 Å². The van der Waals surface area contributed by atoms with Crippen molar-refractivity contribution in [2.45, 2.75) is 19.0 Å². The molecule has 0 unspecified atom stereocenters. The minimum atomic E-state index is -4.56. The van der Waals surface area contributed by atoms with E-state index in [1.807, 2.05) is 5.32 Å². The molecule has 0 aromatic carbocycles. The van der Waals surface area contributed by atoms with E-state index in [1.54, 1.807) is 0 Å². The standard InChI is InChI=1S/C7H10F3NO4/c8-7(9,10)4-15-6(14)11-3-1-2-5(12)13/h1-4H2,(H,11,14)(H,12,13). The predicted molar refractivity (Wildman–Crippen MR) is 42.3 cm³/mol. The molecule has 0 radical (unpaired) electrons. The summed E-state index contributed by atoms with van der Waals surface area (Å²) < 4.78 is 38.4. The predicted octanol–water partition coefficient (Wildman–Crippen LogP) is 1.14. The van der Waals surface area contributed by atoms with E-state index < -0.39 is 24.8 Å². The fourth-order valence-corrected chi connectivity index (χ4v) is 0.628. The van der Waals surface area contributed by atoms with Crippen molar-refractivity contribution in [1.29, 1.82) is 0 Å². The molecule has 1 amide bonds. The Morgan fingerprint density at radius 3 is 2.40 bits per heavy atom. The van der Waals surface area contributed by atoms with Crippen LogP contribution in [0, 0.1) is 0 Å². The first kappa shape index (κ1) is 13.5. The molecule has 5 nitrogen and oxygen atoms in total. The lowest BCUT2D eigenvalue weighted by Crippen LogP contribution is -2.29. The summed E-state index contributed by atoms with van der Waals surface area (Å²) in [6.45, 7) is -1.69. The first-order valence-electron chi connectivity index (χ1n) is 4.00. The number of rotatable bonds is 5. The Hall–Kier alpha value is -1.47. The highest BCUT2D eigenvalue weighted by atomic mass is 19.4. The average Bonchev–Trinajstić information content (AvgIpc) is 2.07. The van der Waals surface area contributed by atoms with Crippen molar-refractivity contribution in [3.63, 3.8) is 0 Å². The van der Waals surface area contributed by atoms with Crippen molar-refractivity contribution in [2.75, 3.05) is 13.2 Å². The number of carbonyl (C=O) groups excluding carboxylic acids is 1. The highest BCUT2D eigenvalue weighted by Crippen LogP contribution is 2.14. The molecule has 15 heavy (non-hydrogen) atoms. The number of amides is 1. The number of carboxylic acids is 1. The van der Waals surface area contributed by atoms with Crippen molar-refractivity contribution in [3.8, 4) is 0 Å². The Kier molecular flexibility index (Phi) is 5.50. The summed E-state index contributed by atoms with van der Waals surface area (Å²) in [6, 6.07) is 0. The van der Waals surface area contributed by atoms with Crippen LogP contribution in [0.3, 0.4) is 0 Å². The van der Waals surface area contributed by atoms with Crippen molar-refractivity contribution in [1.82, 2.24) is 5.32 Å². The van der Waals surface area contributed by atoms with Gasteiger partial charge in [0.25, 0.3) is 0 Å². The van der Waals surface area contributed by atoms with Gasteiger partial charge in [-0.15, -0.1) is 0 Å². The number of halogens is 3. The maximum absolute atomic E-state index is 11.5. The van der Waals surface area contributed by atoms with E-state index in [-0.39, 0.29) is 19.4 Å². The molecule has 0 aliphatic rings. The van der Waals surface area contributed by atoms with E-state index in [0.29, 0.717) is 0 Å². The normalized spacial score (nSPS) is 10.9. The van der Waals surface area contributed by atoms with Gasteiger partial charge in [-0.25, -0.2) is 4.79 Å². The molecule has 0 aliphatic carbocycles. The molecular formula is C7H10F3NO4. The summed E-state index contributed by atoms with van der Waals surface area (Å²) in [5.74, 6) is -1.04. The molecular weight excluding hydrogens is 219 g/mol. The minimum Gasteiger partial charge on any atom is -0.481 e. The molecule has 0 aromatic heterocycles. The molecule has 88 valence electrons. The van der Waals surface area contributed by atoms with Crippen LogP contribution in [0.25, 0.3) is 0 Å². The summed E-state index contributed by atoms with van der Waals surface area (Å²) in [5, 5.41) is 10.2. The first-order chi connectivity index (χ1) is 6.81. The Bertz CT molecular complexity index is 229. The zero-order chi connectivity index (χ0) is 11.9. The van der Waals surface area contributed by atoms with E-state index in [2.05, 4.69) is 4.74 Å². The molecule has 0 spiro atoms. The minimum absolute atomic E-state index is 0.0387. The van der Waals surface area contributed by atoms with Gasteiger partial charge in [0.1, 0.15) is 0 Å². The SMILES string of the molecule is O=C(O)CCCNC(=O)OCC(F)(F)F. The van der Waals surface area contributed by atoms with Crippen molar-refractivity contribution in [2.24, 2.45) is 0 Å². The van der Waals surface area contributed by atoms with Crippen molar-refractivity contribution < 1.29 is 32.6 Å². The maximum atomic E-state index is 11.5. The van der Waals surface area contributed by atoms with Crippen LogP contribution in [0.15, 0.2) is 0 Å². The number of alkyl halides is 3. The van der Waals surface area contributed by atoms with E-state index in [1.165, 1.54) is 0 Å². The van der Waals surface area contributed by atoms with Crippen LogP contribution in [0.4, 0.5) is 18.0 Å². The summed E-state index contributed by atoms with van der Waals surface area (Å²) in [4.78, 5) is 20.6. The number of alkyl carbamates (subject to hydrolysis) is 1. The number of hydrogen-bond donors (Lipinski definition) is 2. The Morgan fingerprint density at radius 2 is 1.93 bits per heavy atom. The van der Waals surface area contributed by atoms with Crippen LogP contribution in [0.5, 0.6) is 0 Å². The molecule has 0 bridgehead atoms.